The zero-order chi connectivity index (χ0) is 22.1. The fourth-order valence-corrected chi connectivity index (χ4v) is 3.66. The molecule has 0 spiro atoms. The fourth-order valence-electron chi connectivity index (χ4n) is 3.66. The zero-order valence-electron chi connectivity index (χ0n) is 16.8. The number of H-pyrrole nitrogens is 1. The van der Waals surface area contributed by atoms with Crippen molar-refractivity contribution >= 4 is 27.8 Å². The third-order valence-electron chi connectivity index (χ3n) is 5.22. The third-order valence-corrected chi connectivity index (χ3v) is 5.22. The van der Waals surface area contributed by atoms with Crippen molar-refractivity contribution in [1.82, 2.24) is 4.98 Å². The van der Waals surface area contributed by atoms with Crippen molar-refractivity contribution < 1.29 is 23.8 Å². The number of esters is 1. The molecule has 8 nitrogen and oxygen atoms in total. The first-order chi connectivity index (χ1) is 14.9. The molecule has 2 aromatic heterocycles. The highest BCUT2D eigenvalue weighted by Gasteiger charge is 2.29. The van der Waals surface area contributed by atoms with Crippen molar-refractivity contribution in [3.05, 3.63) is 80.4 Å². The van der Waals surface area contributed by atoms with E-state index in [4.69, 9.17) is 13.9 Å². The number of para-hydroxylation sites is 1. The molecule has 158 valence electrons. The molecule has 0 fully saturated rings. The van der Waals surface area contributed by atoms with E-state index in [-0.39, 0.29) is 28.9 Å². The van der Waals surface area contributed by atoms with Crippen molar-refractivity contribution in [2.75, 3.05) is 14.2 Å². The van der Waals surface area contributed by atoms with Crippen LogP contribution in [0.25, 0.3) is 21.9 Å². The van der Waals surface area contributed by atoms with Gasteiger partial charge in [-0.15, -0.1) is 0 Å². The van der Waals surface area contributed by atoms with E-state index in [1.165, 1.54) is 14.2 Å². The summed E-state index contributed by atoms with van der Waals surface area (Å²) >= 11 is 0. The average Bonchev–Trinajstić information content (AvgIpc) is 2.77. The summed E-state index contributed by atoms with van der Waals surface area (Å²) in [5, 5.41) is 11.8. The summed E-state index contributed by atoms with van der Waals surface area (Å²) in [6.45, 7) is 0. The van der Waals surface area contributed by atoms with Crippen LogP contribution in [0.3, 0.4) is 0 Å². The van der Waals surface area contributed by atoms with Crippen LogP contribution >= 0.6 is 0 Å². The molecule has 2 aromatic carbocycles. The Bertz CT molecular complexity index is 1420. The number of carbonyl (C=O) groups is 1. The van der Waals surface area contributed by atoms with Crippen LogP contribution in [0.15, 0.2) is 62.5 Å². The van der Waals surface area contributed by atoms with E-state index >= 15 is 0 Å². The number of carbonyl (C=O) groups excluding carboxylic acids is 1. The molecule has 31 heavy (non-hydrogen) atoms. The monoisotopic (exact) mass is 421 g/mol. The summed E-state index contributed by atoms with van der Waals surface area (Å²) in [6.07, 6.45) is -0.342. The number of hydrogen-bond donors (Lipinski definition) is 2. The number of aromatic hydroxyl groups is 1. The molecular formula is C23H19NO7. The normalized spacial score (nSPS) is 12.1. The minimum Gasteiger partial charge on any atom is -0.507 e. The highest BCUT2D eigenvalue weighted by Crippen LogP contribution is 2.36. The van der Waals surface area contributed by atoms with Gasteiger partial charge in [0.2, 0.25) is 0 Å². The van der Waals surface area contributed by atoms with Crippen LogP contribution in [0.2, 0.25) is 0 Å². The van der Waals surface area contributed by atoms with Gasteiger partial charge < -0.3 is 24.0 Å². The Kier molecular flexibility index (Phi) is 5.21. The van der Waals surface area contributed by atoms with Gasteiger partial charge in [-0.25, -0.2) is 4.79 Å². The van der Waals surface area contributed by atoms with E-state index in [1.54, 1.807) is 48.5 Å². The van der Waals surface area contributed by atoms with E-state index in [0.29, 0.717) is 22.0 Å². The Morgan fingerprint density at radius 3 is 2.65 bits per heavy atom. The van der Waals surface area contributed by atoms with Gasteiger partial charge in [0.1, 0.15) is 17.1 Å². The van der Waals surface area contributed by atoms with Crippen molar-refractivity contribution in [1.29, 1.82) is 0 Å². The molecule has 0 amide bonds. The largest absolute Gasteiger partial charge is 0.507 e. The summed E-state index contributed by atoms with van der Waals surface area (Å²) in [6, 6.07) is 13.1. The SMILES string of the molecule is COC(=O)C[C@H](c1cc2cc(OC)ccc2[nH]c1=O)c1c(O)c2ccccc2oc1=O. The second-order valence-corrected chi connectivity index (χ2v) is 6.99. The number of aromatic amines is 1. The molecule has 1 atom stereocenters. The van der Waals surface area contributed by atoms with E-state index in [1.807, 2.05) is 0 Å². The number of aromatic nitrogens is 1. The van der Waals surface area contributed by atoms with Gasteiger partial charge in [-0.3, -0.25) is 9.59 Å². The molecular weight excluding hydrogens is 402 g/mol. The molecule has 0 aliphatic heterocycles. The molecule has 0 aliphatic rings. The van der Waals surface area contributed by atoms with Gasteiger partial charge in [-0.2, -0.15) is 0 Å². The standard InChI is InChI=1S/C23H19NO7/c1-29-13-7-8-17-12(9-13)10-16(22(27)24-17)15(11-19(25)30-2)20-21(26)14-5-3-4-6-18(14)31-23(20)28/h3-10,15,26H,11H2,1-2H3,(H,24,27)/t15-/m1/s1. The number of rotatable bonds is 5. The molecule has 0 saturated heterocycles. The summed E-state index contributed by atoms with van der Waals surface area (Å²) in [5.41, 5.74) is -0.654. The quantitative estimate of drug-likeness (QED) is 0.375. The van der Waals surface area contributed by atoms with Gasteiger partial charge in [0.25, 0.3) is 5.56 Å². The Balaban J connectivity index is 2.00. The maximum Gasteiger partial charge on any atom is 0.343 e. The Labute approximate surface area is 175 Å². The van der Waals surface area contributed by atoms with Crippen molar-refractivity contribution in [2.24, 2.45) is 0 Å². The van der Waals surface area contributed by atoms with Crippen LogP contribution in [0, 0.1) is 0 Å². The van der Waals surface area contributed by atoms with Crippen LogP contribution in [0.4, 0.5) is 0 Å². The first-order valence-electron chi connectivity index (χ1n) is 9.45. The number of ether oxygens (including phenoxy) is 2. The predicted octanol–water partition coefficient (Wildman–Crippen LogP) is 3.04. The maximum atomic E-state index is 12.9. The lowest BCUT2D eigenvalue weighted by Gasteiger charge is -2.17. The molecule has 0 aliphatic carbocycles. The molecule has 2 heterocycles. The second-order valence-electron chi connectivity index (χ2n) is 6.99. The minimum atomic E-state index is -1.09. The summed E-state index contributed by atoms with van der Waals surface area (Å²) in [7, 11) is 2.73. The van der Waals surface area contributed by atoms with Crippen molar-refractivity contribution in [2.45, 2.75) is 12.3 Å². The number of methoxy groups -OCH3 is 2. The van der Waals surface area contributed by atoms with Crippen LogP contribution in [0.5, 0.6) is 11.5 Å². The van der Waals surface area contributed by atoms with Gasteiger partial charge in [-0.1, -0.05) is 12.1 Å². The predicted molar refractivity (Wildman–Crippen MR) is 114 cm³/mol. The first kappa shape index (κ1) is 20.2. The Morgan fingerprint density at radius 1 is 1.13 bits per heavy atom. The van der Waals surface area contributed by atoms with Gasteiger partial charge in [0, 0.05) is 22.4 Å². The molecule has 8 heteroatoms. The number of benzene rings is 2. The molecule has 0 saturated carbocycles. The second kappa shape index (κ2) is 7.98. The Morgan fingerprint density at radius 2 is 1.90 bits per heavy atom. The topological polar surface area (TPSA) is 119 Å². The Hall–Kier alpha value is -4.07. The van der Waals surface area contributed by atoms with E-state index in [0.717, 1.165) is 0 Å². The maximum absolute atomic E-state index is 12.9. The first-order valence-corrected chi connectivity index (χ1v) is 9.45. The third kappa shape index (κ3) is 3.63. The van der Waals surface area contributed by atoms with Crippen molar-refractivity contribution in [3.8, 4) is 11.5 Å². The van der Waals surface area contributed by atoms with Gasteiger partial charge in [0.05, 0.1) is 31.6 Å². The number of pyridine rings is 1. The van der Waals surface area contributed by atoms with Crippen LogP contribution < -0.4 is 15.9 Å². The fraction of sp³-hybridized carbons (Fsp3) is 0.174. The van der Waals surface area contributed by atoms with Gasteiger partial charge >= 0.3 is 11.6 Å². The average molecular weight is 421 g/mol. The summed E-state index contributed by atoms with van der Waals surface area (Å²) in [4.78, 5) is 40.6. The van der Waals surface area contributed by atoms with Gasteiger partial charge in [-0.05, 0) is 36.4 Å². The highest BCUT2D eigenvalue weighted by atomic mass is 16.5. The number of nitrogens with one attached hydrogen (secondary N) is 1. The van der Waals surface area contributed by atoms with Crippen LogP contribution in [0.1, 0.15) is 23.5 Å². The lowest BCUT2D eigenvalue weighted by molar-refractivity contribution is -0.140. The molecule has 0 bridgehead atoms. The molecule has 4 rings (SSSR count). The summed E-state index contributed by atoms with van der Waals surface area (Å²) in [5.74, 6) is -1.51. The highest BCUT2D eigenvalue weighted by molar-refractivity contribution is 5.85. The lowest BCUT2D eigenvalue weighted by atomic mass is 9.88. The van der Waals surface area contributed by atoms with E-state index < -0.39 is 23.1 Å². The number of hydrogen-bond acceptors (Lipinski definition) is 7. The zero-order valence-corrected chi connectivity index (χ0v) is 16.8. The molecule has 0 unspecified atom stereocenters. The van der Waals surface area contributed by atoms with Crippen LogP contribution in [-0.2, 0) is 9.53 Å². The molecule has 0 radical (unpaired) electrons. The molecule has 2 N–H and O–H groups in total. The number of fused-ring (bicyclic) bond motifs is 2. The van der Waals surface area contributed by atoms with E-state index in [2.05, 4.69) is 4.98 Å². The van der Waals surface area contributed by atoms with E-state index in [9.17, 15) is 19.5 Å². The smallest absolute Gasteiger partial charge is 0.343 e. The van der Waals surface area contributed by atoms with Crippen LogP contribution in [-0.4, -0.2) is 30.3 Å². The molecule has 4 aromatic rings. The van der Waals surface area contributed by atoms with Gasteiger partial charge in [0.15, 0.2) is 0 Å². The lowest BCUT2D eigenvalue weighted by Crippen LogP contribution is -2.24. The minimum absolute atomic E-state index is 0.115. The van der Waals surface area contributed by atoms with Crippen molar-refractivity contribution in [3.63, 3.8) is 0 Å². The summed E-state index contributed by atoms with van der Waals surface area (Å²) < 4.78 is 15.4.